The molecule has 1 amide bonds. The van der Waals surface area contributed by atoms with Crippen molar-refractivity contribution in [2.45, 2.75) is 6.92 Å². The molecule has 0 atom stereocenters. The van der Waals surface area contributed by atoms with Crippen LogP contribution in [0.25, 0.3) is 10.8 Å². The summed E-state index contributed by atoms with van der Waals surface area (Å²) in [5.41, 5.74) is 1.16. The van der Waals surface area contributed by atoms with E-state index in [4.69, 9.17) is 0 Å². The highest BCUT2D eigenvalue weighted by atomic mass is 16.6. The van der Waals surface area contributed by atoms with Crippen LogP contribution in [-0.2, 0) is 0 Å². The first-order valence-electron chi connectivity index (χ1n) is 7.91. The van der Waals surface area contributed by atoms with Crippen LogP contribution in [0.5, 0.6) is 0 Å². The van der Waals surface area contributed by atoms with Crippen LogP contribution in [0.15, 0.2) is 60.7 Å². The Kier molecular flexibility index (Phi) is 4.61. The van der Waals surface area contributed by atoms with Gasteiger partial charge in [-0.3, -0.25) is 14.9 Å². The van der Waals surface area contributed by atoms with Gasteiger partial charge in [-0.15, -0.1) is 0 Å². The first kappa shape index (κ1) is 16.4. The number of amides is 1. The van der Waals surface area contributed by atoms with Crippen LogP contribution < -0.4 is 10.6 Å². The lowest BCUT2D eigenvalue weighted by molar-refractivity contribution is -0.384. The quantitative estimate of drug-likeness (QED) is 0.533. The van der Waals surface area contributed by atoms with Crippen molar-refractivity contribution in [2.24, 2.45) is 0 Å². The molecular formula is C19H17N3O3. The van der Waals surface area contributed by atoms with Gasteiger partial charge >= 0.3 is 0 Å². The van der Waals surface area contributed by atoms with Gasteiger partial charge < -0.3 is 10.6 Å². The molecule has 0 aromatic heterocycles. The topological polar surface area (TPSA) is 84.3 Å². The van der Waals surface area contributed by atoms with E-state index in [1.807, 2.05) is 49.4 Å². The van der Waals surface area contributed by atoms with Crippen LogP contribution in [0, 0.1) is 10.1 Å². The largest absolute Gasteiger partial charge is 0.380 e. The molecule has 126 valence electrons. The maximum atomic E-state index is 12.4. The third kappa shape index (κ3) is 3.58. The number of rotatable bonds is 5. The van der Waals surface area contributed by atoms with E-state index in [1.54, 1.807) is 12.1 Å². The fourth-order valence-corrected chi connectivity index (χ4v) is 2.63. The summed E-state index contributed by atoms with van der Waals surface area (Å²) in [5, 5.41) is 19.0. The van der Waals surface area contributed by atoms with Crippen LogP contribution in [0.4, 0.5) is 17.1 Å². The number of nitro benzene ring substituents is 1. The molecule has 0 aliphatic carbocycles. The van der Waals surface area contributed by atoms with E-state index in [1.165, 1.54) is 6.07 Å². The molecule has 6 nitrogen and oxygen atoms in total. The lowest BCUT2D eigenvalue weighted by Crippen LogP contribution is -2.12. The van der Waals surface area contributed by atoms with Crippen molar-refractivity contribution >= 4 is 33.7 Å². The zero-order valence-electron chi connectivity index (χ0n) is 13.7. The number of nitrogens with zero attached hydrogens (tertiary/aromatic N) is 1. The van der Waals surface area contributed by atoms with Gasteiger partial charge in [0.05, 0.1) is 4.92 Å². The number of nitro groups is 1. The summed E-state index contributed by atoms with van der Waals surface area (Å²) in [6, 6.07) is 17.8. The monoisotopic (exact) mass is 335 g/mol. The summed E-state index contributed by atoms with van der Waals surface area (Å²) >= 11 is 0. The van der Waals surface area contributed by atoms with E-state index < -0.39 is 4.92 Å². The lowest BCUT2D eigenvalue weighted by Gasteiger charge is -2.09. The molecule has 0 heterocycles. The maximum Gasteiger partial charge on any atom is 0.293 e. The Morgan fingerprint density at radius 2 is 1.80 bits per heavy atom. The number of hydrogen-bond donors (Lipinski definition) is 2. The Hall–Kier alpha value is -3.41. The van der Waals surface area contributed by atoms with Crippen molar-refractivity contribution in [2.75, 3.05) is 17.2 Å². The number of benzene rings is 3. The average Bonchev–Trinajstić information content (AvgIpc) is 2.62. The highest BCUT2D eigenvalue weighted by Gasteiger charge is 2.17. The second kappa shape index (κ2) is 7.00. The van der Waals surface area contributed by atoms with Gasteiger partial charge in [-0.1, -0.05) is 30.3 Å². The zero-order valence-corrected chi connectivity index (χ0v) is 13.7. The SMILES string of the molecule is CCNc1ccc(C(=O)Nc2ccc3ccccc3c2)cc1[N+](=O)[O-]. The molecule has 0 fully saturated rings. The minimum Gasteiger partial charge on any atom is -0.380 e. The molecule has 0 saturated carbocycles. The van der Waals surface area contributed by atoms with Gasteiger partial charge in [0.2, 0.25) is 0 Å². The average molecular weight is 335 g/mol. The lowest BCUT2D eigenvalue weighted by atomic mass is 10.1. The Balaban J connectivity index is 1.86. The molecule has 25 heavy (non-hydrogen) atoms. The molecule has 0 saturated heterocycles. The van der Waals surface area contributed by atoms with E-state index in [2.05, 4.69) is 10.6 Å². The summed E-state index contributed by atoms with van der Waals surface area (Å²) in [6.07, 6.45) is 0. The number of nitrogens with one attached hydrogen (secondary N) is 2. The predicted octanol–water partition coefficient (Wildman–Crippen LogP) is 4.43. The molecular weight excluding hydrogens is 318 g/mol. The van der Waals surface area contributed by atoms with E-state index in [9.17, 15) is 14.9 Å². The minimum absolute atomic E-state index is 0.118. The minimum atomic E-state index is -0.495. The van der Waals surface area contributed by atoms with Gasteiger partial charge in [-0.2, -0.15) is 0 Å². The van der Waals surface area contributed by atoms with Crippen molar-refractivity contribution < 1.29 is 9.72 Å². The highest BCUT2D eigenvalue weighted by Crippen LogP contribution is 2.26. The van der Waals surface area contributed by atoms with Gasteiger partial charge in [-0.25, -0.2) is 0 Å². The van der Waals surface area contributed by atoms with Crippen molar-refractivity contribution in [1.82, 2.24) is 0 Å². The number of carbonyl (C=O) groups excluding carboxylic acids is 1. The molecule has 0 unspecified atom stereocenters. The Morgan fingerprint density at radius 1 is 1.04 bits per heavy atom. The molecule has 0 radical (unpaired) electrons. The Labute approximate surface area is 144 Å². The highest BCUT2D eigenvalue weighted by molar-refractivity contribution is 6.06. The van der Waals surface area contributed by atoms with Gasteiger partial charge in [0.1, 0.15) is 5.69 Å². The smallest absolute Gasteiger partial charge is 0.293 e. The molecule has 6 heteroatoms. The zero-order chi connectivity index (χ0) is 17.8. The summed E-state index contributed by atoms with van der Waals surface area (Å²) in [4.78, 5) is 23.2. The predicted molar refractivity (Wildman–Crippen MR) is 99.2 cm³/mol. The molecule has 2 N–H and O–H groups in total. The molecule has 3 rings (SSSR count). The first-order valence-corrected chi connectivity index (χ1v) is 7.91. The number of fused-ring (bicyclic) bond motifs is 1. The van der Waals surface area contributed by atoms with Crippen molar-refractivity contribution in [1.29, 1.82) is 0 Å². The maximum absolute atomic E-state index is 12.4. The normalized spacial score (nSPS) is 10.4. The first-order chi connectivity index (χ1) is 12.1. The molecule has 0 aliphatic rings. The number of carbonyl (C=O) groups is 1. The van der Waals surface area contributed by atoms with Gasteiger partial charge in [-0.05, 0) is 42.0 Å². The standard InChI is InChI=1S/C19H17N3O3/c1-2-20-17-10-8-15(12-18(17)22(24)25)19(23)21-16-9-7-13-5-3-4-6-14(13)11-16/h3-12,20H,2H2,1H3,(H,21,23). The molecule has 0 aliphatic heterocycles. The molecule has 0 bridgehead atoms. The van der Waals surface area contributed by atoms with Gasteiger partial charge in [0.25, 0.3) is 11.6 Å². The Morgan fingerprint density at radius 3 is 2.52 bits per heavy atom. The van der Waals surface area contributed by atoms with Crippen molar-refractivity contribution in [3.63, 3.8) is 0 Å². The van der Waals surface area contributed by atoms with Crippen LogP contribution >= 0.6 is 0 Å². The second-order valence-electron chi connectivity index (χ2n) is 5.54. The number of hydrogen-bond acceptors (Lipinski definition) is 4. The van der Waals surface area contributed by atoms with Gasteiger partial charge in [0.15, 0.2) is 0 Å². The van der Waals surface area contributed by atoms with Crippen LogP contribution in [0.3, 0.4) is 0 Å². The Bertz CT molecular complexity index is 954. The summed E-state index contributed by atoms with van der Waals surface area (Å²) in [7, 11) is 0. The van der Waals surface area contributed by atoms with Crippen molar-refractivity contribution in [3.05, 3.63) is 76.3 Å². The fourth-order valence-electron chi connectivity index (χ4n) is 2.63. The third-order valence-electron chi connectivity index (χ3n) is 3.83. The van der Waals surface area contributed by atoms with Crippen LogP contribution in [-0.4, -0.2) is 17.4 Å². The molecule has 3 aromatic rings. The van der Waals surface area contributed by atoms with Crippen LogP contribution in [0.1, 0.15) is 17.3 Å². The van der Waals surface area contributed by atoms with E-state index in [0.29, 0.717) is 17.9 Å². The summed E-state index contributed by atoms with van der Waals surface area (Å²) < 4.78 is 0. The van der Waals surface area contributed by atoms with Crippen LogP contribution in [0.2, 0.25) is 0 Å². The van der Waals surface area contributed by atoms with E-state index in [-0.39, 0.29) is 17.2 Å². The molecule has 3 aromatic carbocycles. The van der Waals surface area contributed by atoms with Gasteiger partial charge in [0, 0.05) is 23.9 Å². The van der Waals surface area contributed by atoms with Crippen molar-refractivity contribution in [3.8, 4) is 0 Å². The van der Waals surface area contributed by atoms with E-state index in [0.717, 1.165) is 10.8 Å². The van der Waals surface area contributed by atoms with E-state index >= 15 is 0 Å². The second-order valence-corrected chi connectivity index (χ2v) is 5.54. The fraction of sp³-hybridized carbons (Fsp3) is 0.105. The summed E-state index contributed by atoms with van der Waals surface area (Å²) in [5.74, 6) is -0.388. The summed E-state index contributed by atoms with van der Waals surface area (Å²) in [6.45, 7) is 2.41. The third-order valence-corrected chi connectivity index (χ3v) is 3.83. The number of anilines is 2. The molecule has 0 spiro atoms.